The van der Waals surface area contributed by atoms with Gasteiger partial charge in [0.15, 0.2) is 0 Å². The topological polar surface area (TPSA) is 75.9 Å². The van der Waals surface area contributed by atoms with Crippen LogP contribution in [0, 0.1) is 0 Å². The van der Waals surface area contributed by atoms with Crippen LogP contribution in [0.3, 0.4) is 0 Å². The number of amides is 2. The number of nitrogens with two attached hydrogens (primary N) is 1. The van der Waals surface area contributed by atoms with Crippen LogP contribution in [0.1, 0.15) is 45.1 Å². The molecule has 1 aromatic carbocycles. The van der Waals surface area contributed by atoms with Gasteiger partial charge >= 0.3 is 0 Å². The largest absolute Gasteiger partial charge is 0.497 e. The van der Waals surface area contributed by atoms with Crippen LogP contribution < -0.4 is 10.5 Å². The van der Waals surface area contributed by atoms with Crippen molar-refractivity contribution in [1.82, 2.24) is 9.80 Å². The predicted molar refractivity (Wildman–Crippen MR) is 114 cm³/mol. The number of nitrogens with zero attached hydrogens (tertiary/aromatic N) is 2. The van der Waals surface area contributed by atoms with E-state index < -0.39 is 5.54 Å². The van der Waals surface area contributed by atoms with E-state index in [9.17, 15) is 9.59 Å². The van der Waals surface area contributed by atoms with Crippen LogP contribution >= 0.6 is 12.4 Å². The Bertz CT molecular complexity index is 634. The van der Waals surface area contributed by atoms with Crippen LogP contribution in [0.15, 0.2) is 24.3 Å². The van der Waals surface area contributed by atoms with Gasteiger partial charge in [-0.15, -0.1) is 12.4 Å². The maximum absolute atomic E-state index is 12.7. The number of hydrogen-bond donors (Lipinski definition) is 1. The lowest BCUT2D eigenvalue weighted by molar-refractivity contribution is -0.137. The summed E-state index contributed by atoms with van der Waals surface area (Å²) in [5.41, 5.74) is 6.50. The molecule has 0 bridgehead atoms. The summed E-state index contributed by atoms with van der Waals surface area (Å²) >= 11 is 0. The molecule has 2 amide bonds. The van der Waals surface area contributed by atoms with Crippen LogP contribution in [-0.4, -0.2) is 60.4 Å². The molecule has 1 saturated heterocycles. The summed E-state index contributed by atoms with van der Waals surface area (Å²) < 4.78 is 5.16. The van der Waals surface area contributed by atoms with Crippen molar-refractivity contribution in [2.75, 3.05) is 33.3 Å². The van der Waals surface area contributed by atoms with Gasteiger partial charge in [-0.3, -0.25) is 9.59 Å². The molecular weight excluding hydrogens is 378 g/mol. The van der Waals surface area contributed by atoms with Crippen molar-refractivity contribution in [2.45, 2.75) is 51.5 Å². The van der Waals surface area contributed by atoms with Gasteiger partial charge in [0.25, 0.3) is 0 Å². The minimum Gasteiger partial charge on any atom is -0.497 e. The van der Waals surface area contributed by atoms with E-state index in [4.69, 9.17) is 10.5 Å². The minimum atomic E-state index is -0.817. The molecule has 1 aliphatic heterocycles. The Labute approximate surface area is 174 Å². The molecule has 158 valence electrons. The number of benzene rings is 1. The quantitative estimate of drug-likeness (QED) is 0.748. The van der Waals surface area contributed by atoms with Gasteiger partial charge in [-0.2, -0.15) is 0 Å². The molecule has 7 heteroatoms. The van der Waals surface area contributed by atoms with E-state index in [2.05, 4.69) is 0 Å². The summed E-state index contributed by atoms with van der Waals surface area (Å²) in [4.78, 5) is 29.0. The van der Waals surface area contributed by atoms with Gasteiger partial charge in [0, 0.05) is 32.6 Å². The van der Waals surface area contributed by atoms with Crippen LogP contribution in [-0.2, 0) is 16.0 Å². The van der Waals surface area contributed by atoms with Crippen LogP contribution in [0.25, 0.3) is 0 Å². The highest BCUT2D eigenvalue weighted by atomic mass is 35.5. The molecule has 1 aliphatic rings. The first kappa shape index (κ1) is 24.2. The second kappa shape index (κ2) is 11.3. The highest BCUT2D eigenvalue weighted by Gasteiger charge is 2.33. The highest BCUT2D eigenvalue weighted by Crippen LogP contribution is 2.16. The summed E-state index contributed by atoms with van der Waals surface area (Å²) in [5.74, 6) is 0.957. The van der Waals surface area contributed by atoms with Crippen LogP contribution in [0.2, 0.25) is 0 Å². The first-order valence-electron chi connectivity index (χ1n) is 9.86. The molecule has 1 unspecified atom stereocenters. The molecule has 2 N–H and O–H groups in total. The Morgan fingerprint density at radius 3 is 2.32 bits per heavy atom. The third-order valence-electron chi connectivity index (χ3n) is 5.18. The number of halogens is 1. The zero-order chi connectivity index (χ0) is 19.9. The molecular formula is C21H34ClN3O3. The van der Waals surface area contributed by atoms with E-state index in [1.807, 2.05) is 47.9 Å². The third-order valence-corrected chi connectivity index (χ3v) is 5.18. The van der Waals surface area contributed by atoms with Gasteiger partial charge in [0.1, 0.15) is 5.75 Å². The Hall–Kier alpha value is -1.79. The number of carbonyl (C=O) groups is 2. The van der Waals surface area contributed by atoms with Gasteiger partial charge in [0.2, 0.25) is 11.8 Å². The first-order chi connectivity index (χ1) is 12.9. The summed E-state index contributed by atoms with van der Waals surface area (Å²) in [6, 6.07) is 7.81. The number of methoxy groups -OCH3 is 1. The molecule has 1 atom stereocenters. The van der Waals surface area contributed by atoms with Crippen molar-refractivity contribution in [1.29, 1.82) is 0 Å². The Morgan fingerprint density at radius 1 is 1.11 bits per heavy atom. The Balaban J connectivity index is 0.00000392. The summed E-state index contributed by atoms with van der Waals surface area (Å²) in [5, 5.41) is 0. The van der Waals surface area contributed by atoms with Gasteiger partial charge in [-0.05, 0) is 43.9 Å². The van der Waals surface area contributed by atoms with Crippen molar-refractivity contribution in [3.63, 3.8) is 0 Å². The smallest absolute Gasteiger partial charge is 0.242 e. The number of aryl methyl sites for hydroxylation is 1. The second-order valence-electron chi connectivity index (χ2n) is 7.54. The van der Waals surface area contributed by atoms with E-state index >= 15 is 0 Å². The van der Waals surface area contributed by atoms with Gasteiger partial charge in [0.05, 0.1) is 12.6 Å². The SMILES string of the molecule is CCCC(C)(N)C(=O)N1CCCN(C(=O)CCc2ccc(OC)cc2)CC1.Cl. The Morgan fingerprint density at radius 2 is 1.71 bits per heavy atom. The van der Waals surface area contributed by atoms with Gasteiger partial charge < -0.3 is 20.3 Å². The minimum absolute atomic E-state index is 0. The lowest BCUT2D eigenvalue weighted by Crippen LogP contribution is -2.54. The molecule has 1 fully saturated rings. The molecule has 6 nitrogen and oxygen atoms in total. The normalized spacial score (nSPS) is 16.6. The van der Waals surface area contributed by atoms with Crippen molar-refractivity contribution in [2.24, 2.45) is 5.73 Å². The van der Waals surface area contributed by atoms with Crippen LogP contribution in [0.5, 0.6) is 5.75 Å². The zero-order valence-corrected chi connectivity index (χ0v) is 18.1. The highest BCUT2D eigenvalue weighted by molar-refractivity contribution is 5.86. The van der Waals surface area contributed by atoms with Gasteiger partial charge in [-0.1, -0.05) is 25.5 Å². The fourth-order valence-corrected chi connectivity index (χ4v) is 3.56. The molecule has 0 spiro atoms. The predicted octanol–water partition coefficient (Wildman–Crippen LogP) is 2.63. The van der Waals surface area contributed by atoms with E-state index in [-0.39, 0.29) is 24.2 Å². The molecule has 2 rings (SSSR count). The maximum atomic E-state index is 12.7. The molecule has 28 heavy (non-hydrogen) atoms. The molecule has 0 radical (unpaired) electrons. The fraction of sp³-hybridized carbons (Fsp3) is 0.619. The van der Waals surface area contributed by atoms with Crippen molar-refractivity contribution >= 4 is 24.2 Å². The number of ether oxygens (including phenoxy) is 1. The molecule has 0 aromatic heterocycles. The first-order valence-corrected chi connectivity index (χ1v) is 9.86. The maximum Gasteiger partial charge on any atom is 0.242 e. The average Bonchev–Trinajstić information content (AvgIpc) is 2.92. The molecule has 0 saturated carbocycles. The zero-order valence-electron chi connectivity index (χ0n) is 17.3. The van der Waals surface area contributed by atoms with Crippen molar-refractivity contribution < 1.29 is 14.3 Å². The van der Waals surface area contributed by atoms with Gasteiger partial charge in [-0.25, -0.2) is 0 Å². The van der Waals surface area contributed by atoms with E-state index in [1.165, 1.54) is 0 Å². The van der Waals surface area contributed by atoms with Crippen molar-refractivity contribution in [3.05, 3.63) is 29.8 Å². The molecule has 0 aliphatic carbocycles. The van der Waals surface area contributed by atoms with E-state index in [0.29, 0.717) is 45.4 Å². The number of carbonyl (C=O) groups excluding carboxylic acids is 2. The van der Waals surface area contributed by atoms with E-state index in [0.717, 1.165) is 24.2 Å². The molecule has 1 heterocycles. The van der Waals surface area contributed by atoms with Crippen molar-refractivity contribution in [3.8, 4) is 5.75 Å². The number of hydrogen-bond acceptors (Lipinski definition) is 4. The monoisotopic (exact) mass is 411 g/mol. The molecule has 1 aromatic rings. The summed E-state index contributed by atoms with van der Waals surface area (Å²) in [6.07, 6.45) is 3.53. The lowest BCUT2D eigenvalue weighted by atomic mass is 9.95. The number of rotatable bonds is 7. The average molecular weight is 412 g/mol. The standard InChI is InChI=1S/C21H33N3O3.ClH/c1-4-12-21(2,22)20(26)24-14-5-13-23(15-16-24)19(25)11-8-17-6-9-18(27-3)10-7-17;/h6-7,9-10H,4-5,8,11-16,22H2,1-3H3;1H. The summed E-state index contributed by atoms with van der Waals surface area (Å²) in [6.45, 7) is 6.34. The van der Waals surface area contributed by atoms with Crippen LogP contribution in [0.4, 0.5) is 0 Å². The Kier molecular flexibility index (Phi) is 9.76. The van der Waals surface area contributed by atoms with E-state index in [1.54, 1.807) is 7.11 Å². The summed E-state index contributed by atoms with van der Waals surface area (Å²) in [7, 11) is 1.64. The lowest BCUT2D eigenvalue weighted by Gasteiger charge is -2.31. The fourth-order valence-electron chi connectivity index (χ4n) is 3.56. The second-order valence-corrected chi connectivity index (χ2v) is 7.54. The third kappa shape index (κ3) is 6.67.